The number of nitrogens with zero attached hydrogens (tertiary/aromatic N) is 1. The van der Waals surface area contributed by atoms with Crippen molar-refractivity contribution in [1.29, 1.82) is 0 Å². The van der Waals surface area contributed by atoms with Crippen LogP contribution in [0, 0.1) is 0 Å². The van der Waals surface area contributed by atoms with Gasteiger partial charge in [0.05, 0.1) is 13.7 Å². The van der Waals surface area contributed by atoms with E-state index < -0.39 is 56.5 Å². The van der Waals surface area contributed by atoms with Gasteiger partial charge in [-0.15, -0.1) is 0 Å². The average molecular weight is 499 g/mol. The zero-order chi connectivity index (χ0) is 25.1. The number of carbonyl (C=O) groups is 2. The first-order chi connectivity index (χ1) is 16.0. The Bertz CT molecular complexity index is 1000. The molecule has 2 aliphatic heterocycles. The Morgan fingerprint density at radius 3 is 2.74 bits per heavy atom. The molecular weight excluding hydrogens is 472 g/mol. The van der Waals surface area contributed by atoms with Gasteiger partial charge in [-0.1, -0.05) is 24.8 Å². The summed E-state index contributed by atoms with van der Waals surface area (Å²) < 4.78 is 50.0. The van der Waals surface area contributed by atoms with Crippen LogP contribution < -0.4 is 14.9 Å². The number of methoxy groups -OCH3 is 1. The minimum atomic E-state index is -4.24. The molecule has 6 atom stereocenters. The lowest BCUT2D eigenvalue weighted by molar-refractivity contribution is -0.142. The summed E-state index contributed by atoms with van der Waals surface area (Å²) in [5, 5.41) is 15.4. The monoisotopic (exact) mass is 499 g/mol. The summed E-state index contributed by atoms with van der Waals surface area (Å²) in [4.78, 5) is 25.0. The number of hydrogen-bond donors (Lipinski definition) is 3. The molecule has 0 radical (unpaired) electrons. The maximum Gasteiger partial charge on any atom is 0.459 e. The third kappa shape index (κ3) is 5.65. The Hall–Kier alpha value is -2.76. The van der Waals surface area contributed by atoms with Gasteiger partial charge in [0.15, 0.2) is 11.9 Å². The first-order valence-corrected chi connectivity index (χ1v) is 11.8. The second-order valence-electron chi connectivity index (χ2n) is 7.87. The van der Waals surface area contributed by atoms with Gasteiger partial charge >= 0.3 is 19.7 Å². The maximum atomic E-state index is 15.4. The van der Waals surface area contributed by atoms with E-state index in [2.05, 4.69) is 21.7 Å². The van der Waals surface area contributed by atoms with Crippen LogP contribution in [-0.2, 0) is 23.4 Å². The number of nitrogens with one attached hydrogen (secondary N) is 2. The molecule has 0 bridgehead atoms. The van der Waals surface area contributed by atoms with Crippen molar-refractivity contribution in [2.24, 2.45) is 0 Å². The molecule has 0 saturated carbocycles. The molecule has 1 aromatic carbocycles. The number of ether oxygens (including phenoxy) is 2. The molecule has 1 unspecified atom stereocenters. The molecule has 34 heavy (non-hydrogen) atoms. The SMILES string of the molecule is C=C1C=CN([C@@H]2O[C@H](COP(=O)(N[C@@H](C)C(=O)OC)Oc3ccccc3)[C@H](O)[C@@]2(C)F)C(=O)N1. The fourth-order valence-corrected chi connectivity index (χ4v) is 4.87. The number of allylic oxidation sites excluding steroid dienone is 1. The van der Waals surface area contributed by atoms with E-state index in [1.54, 1.807) is 18.2 Å². The smallest absolute Gasteiger partial charge is 0.459 e. The van der Waals surface area contributed by atoms with Crippen molar-refractivity contribution in [3.63, 3.8) is 0 Å². The number of urea groups is 1. The molecule has 13 heteroatoms. The van der Waals surface area contributed by atoms with Crippen LogP contribution in [0.3, 0.4) is 0 Å². The van der Waals surface area contributed by atoms with Crippen LogP contribution in [0.1, 0.15) is 13.8 Å². The molecule has 0 aromatic heterocycles. The highest BCUT2D eigenvalue weighted by Gasteiger charge is 2.57. The van der Waals surface area contributed by atoms with Crippen LogP contribution in [0.4, 0.5) is 9.18 Å². The molecule has 1 aromatic rings. The molecule has 11 nitrogen and oxygen atoms in total. The fraction of sp³-hybridized carbons (Fsp3) is 0.429. The average Bonchev–Trinajstić information content (AvgIpc) is 3.01. The lowest BCUT2D eigenvalue weighted by atomic mass is 9.98. The Morgan fingerprint density at radius 1 is 1.44 bits per heavy atom. The van der Waals surface area contributed by atoms with Crippen LogP contribution in [0.2, 0.25) is 0 Å². The number of aliphatic hydroxyl groups excluding tert-OH is 1. The van der Waals surface area contributed by atoms with E-state index in [1.807, 2.05) is 0 Å². The van der Waals surface area contributed by atoms with Crippen molar-refractivity contribution < 1.29 is 42.2 Å². The van der Waals surface area contributed by atoms with Gasteiger partial charge in [-0.3, -0.25) is 14.2 Å². The zero-order valence-corrected chi connectivity index (χ0v) is 19.7. The van der Waals surface area contributed by atoms with Crippen molar-refractivity contribution in [1.82, 2.24) is 15.3 Å². The van der Waals surface area contributed by atoms with E-state index >= 15 is 4.39 Å². The zero-order valence-electron chi connectivity index (χ0n) is 18.8. The minimum absolute atomic E-state index is 0.173. The number of carbonyl (C=O) groups excluding carboxylic acids is 2. The highest BCUT2D eigenvalue weighted by atomic mass is 31.2. The first-order valence-electron chi connectivity index (χ1n) is 10.3. The van der Waals surface area contributed by atoms with E-state index in [0.29, 0.717) is 5.70 Å². The van der Waals surface area contributed by atoms with Crippen LogP contribution in [0.5, 0.6) is 5.75 Å². The van der Waals surface area contributed by atoms with Crippen molar-refractivity contribution >= 4 is 19.7 Å². The number of alkyl halides is 1. The molecule has 0 spiro atoms. The fourth-order valence-electron chi connectivity index (χ4n) is 3.37. The van der Waals surface area contributed by atoms with Crippen molar-refractivity contribution in [3.8, 4) is 5.75 Å². The highest BCUT2D eigenvalue weighted by molar-refractivity contribution is 7.52. The predicted molar refractivity (Wildman–Crippen MR) is 118 cm³/mol. The third-order valence-corrected chi connectivity index (χ3v) is 6.84. The molecule has 2 heterocycles. The van der Waals surface area contributed by atoms with Gasteiger partial charge in [0, 0.05) is 11.9 Å². The van der Waals surface area contributed by atoms with Gasteiger partial charge in [-0.25, -0.2) is 13.8 Å². The number of amides is 2. The topological polar surface area (TPSA) is 136 Å². The lowest BCUT2D eigenvalue weighted by Crippen LogP contribution is -2.53. The molecule has 1 saturated heterocycles. The predicted octanol–water partition coefficient (Wildman–Crippen LogP) is 2.21. The second-order valence-corrected chi connectivity index (χ2v) is 9.57. The Morgan fingerprint density at radius 2 is 2.12 bits per heavy atom. The largest absolute Gasteiger partial charge is 0.468 e. The Balaban J connectivity index is 1.76. The molecular formula is C21H27FN3O8P. The van der Waals surface area contributed by atoms with Crippen molar-refractivity contribution in [3.05, 3.63) is 54.9 Å². The number of esters is 1. The Labute approximate surface area is 196 Å². The molecule has 1 fully saturated rings. The van der Waals surface area contributed by atoms with Gasteiger partial charge in [0.2, 0.25) is 0 Å². The minimum Gasteiger partial charge on any atom is -0.468 e. The number of rotatable bonds is 9. The number of para-hydroxylation sites is 1. The summed E-state index contributed by atoms with van der Waals surface area (Å²) in [5.74, 6) is -0.551. The molecule has 0 aliphatic carbocycles. The van der Waals surface area contributed by atoms with E-state index in [1.165, 1.54) is 31.3 Å². The number of hydrogen-bond acceptors (Lipinski definition) is 8. The summed E-state index contributed by atoms with van der Waals surface area (Å²) in [6.07, 6.45) is -1.85. The van der Waals surface area contributed by atoms with Gasteiger partial charge < -0.3 is 24.4 Å². The van der Waals surface area contributed by atoms with Gasteiger partial charge in [-0.2, -0.15) is 5.09 Å². The van der Waals surface area contributed by atoms with Gasteiger partial charge in [-0.05, 0) is 32.1 Å². The van der Waals surface area contributed by atoms with Crippen LogP contribution in [0.15, 0.2) is 54.9 Å². The standard InChI is InChI=1S/C21H27FN3O8P/c1-13-10-11-25(20(28)23-13)19-21(3,22)17(26)16(32-19)12-31-34(29,24-14(2)18(27)30-4)33-15-8-6-5-7-9-15/h5-11,14,16-17,19,26H,1,12H2,2-4H3,(H,23,28)(H,24,29)/t14-,16+,17-,19+,21+,34?/m0/s1. The van der Waals surface area contributed by atoms with Crippen molar-refractivity contribution in [2.75, 3.05) is 13.7 Å². The van der Waals surface area contributed by atoms with E-state index in [-0.39, 0.29) is 5.75 Å². The van der Waals surface area contributed by atoms with Crippen LogP contribution in [0.25, 0.3) is 0 Å². The summed E-state index contributed by atoms with van der Waals surface area (Å²) in [6.45, 7) is 5.47. The number of halogens is 1. The summed E-state index contributed by atoms with van der Waals surface area (Å²) >= 11 is 0. The molecule has 2 amide bonds. The number of benzene rings is 1. The molecule has 3 rings (SSSR count). The highest BCUT2D eigenvalue weighted by Crippen LogP contribution is 2.46. The second kappa shape index (κ2) is 10.2. The normalized spacial score (nSPS) is 29.3. The van der Waals surface area contributed by atoms with Crippen LogP contribution in [-0.4, -0.2) is 65.9 Å². The van der Waals surface area contributed by atoms with Gasteiger partial charge in [0.1, 0.15) is 24.0 Å². The lowest BCUT2D eigenvalue weighted by Gasteiger charge is -2.33. The van der Waals surface area contributed by atoms with E-state index in [4.69, 9.17) is 13.8 Å². The molecule has 3 N–H and O–H groups in total. The van der Waals surface area contributed by atoms with E-state index in [0.717, 1.165) is 18.9 Å². The summed E-state index contributed by atoms with van der Waals surface area (Å²) in [5.41, 5.74) is -2.09. The quantitative estimate of drug-likeness (QED) is 0.345. The summed E-state index contributed by atoms with van der Waals surface area (Å²) in [6, 6.07) is 6.26. The number of aliphatic hydroxyl groups is 1. The van der Waals surface area contributed by atoms with E-state index in [9.17, 15) is 19.3 Å². The molecule has 186 valence electrons. The van der Waals surface area contributed by atoms with Gasteiger partial charge in [0.25, 0.3) is 0 Å². The molecule has 2 aliphatic rings. The Kier molecular flexibility index (Phi) is 7.79. The first kappa shape index (κ1) is 25.9. The third-order valence-electron chi connectivity index (χ3n) is 5.19. The maximum absolute atomic E-state index is 15.4. The van der Waals surface area contributed by atoms with Crippen molar-refractivity contribution in [2.45, 2.75) is 44.0 Å². The summed E-state index contributed by atoms with van der Waals surface area (Å²) in [7, 11) is -3.08. The van der Waals surface area contributed by atoms with Crippen LogP contribution >= 0.6 is 7.75 Å².